The van der Waals surface area contributed by atoms with Crippen molar-refractivity contribution in [1.82, 2.24) is 10.2 Å². The van der Waals surface area contributed by atoms with Gasteiger partial charge in [0.05, 0.1) is 0 Å². The minimum atomic E-state index is 0.730. The lowest BCUT2D eigenvalue weighted by molar-refractivity contribution is 0.257. The third kappa shape index (κ3) is 2.56. The Bertz CT molecular complexity index is 354. The molecular formula is C14H22N2S. The zero-order valence-corrected chi connectivity index (χ0v) is 11.4. The Kier molecular flexibility index (Phi) is 3.24. The van der Waals surface area contributed by atoms with E-state index in [-0.39, 0.29) is 0 Å². The maximum atomic E-state index is 3.48. The van der Waals surface area contributed by atoms with Gasteiger partial charge in [0.15, 0.2) is 0 Å². The summed E-state index contributed by atoms with van der Waals surface area (Å²) in [6.45, 7) is 4.89. The molecule has 1 aromatic heterocycles. The number of thiophene rings is 1. The molecule has 2 aliphatic rings. The molecule has 1 aliphatic heterocycles. The number of rotatable bonds is 4. The average molecular weight is 250 g/mol. The van der Waals surface area contributed by atoms with Gasteiger partial charge in [-0.3, -0.25) is 0 Å². The molecule has 1 aliphatic carbocycles. The second kappa shape index (κ2) is 4.71. The van der Waals surface area contributed by atoms with Crippen molar-refractivity contribution >= 4 is 11.3 Å². The highest BCUT2D eigenvalue weighted by atomic mass is 32.1. The molecule has 1 atom stereocenters. The van der Waals surface area contributed by atoms with E-state index in [1.165, 1.54) is 44.5 Å². The molecule has 17 heavy (non-hydrogen) atoms. The predicted molar refractivity (Wildman–Crippen MR) is 73.3 cm³/mol. The molecule has 94 valence electrons. The van der Waals surface area contributed by atoms with Gasteiger partial charge in [-0.15, -0.1) is 0 Å². The molecule has 1 saturated carbocycles. The van der Waals surface area contributed by atoms with Crippen molar-refractivity contribution in [3.8, 4) is 0 Å². The Labute approximate surface area is 108 Å². The van der Waals surface area contributed by atoms with Crippen LogP contribution < -0.4 is 5.32 Å². The van der Waals surface area contributed by atoms with E-state index < -0.39 is 0 Å². The van der Waals surface area contributed by atoms with E-state index in [0.29, 0.717) is 0 Å². The summed E-state index contributed by atoms with van der Waals surface area (Å²) in [6, 6.07) is 2.24. The van der Waals surface area contributed by atoms with E-state index in [4.69, 9.17) is 0 Å². The number of hydrogen-bond donors (Lipinski definition) is 1. The van der Waals surface area contributed by atoms with Crippen LogP contribution in [0.1, 0.15) is 24.8 Å². The first kappa shape index (κ1) is 11.7. The van der Waals surface area contributed by atoms with Crippen molar-refractivity contribution in [3.05, 3.63) is 22.4 Å². The van der Waals surface area contributed by atoms with E-state index in [1.54, 1.807) is 11.3 Å². The van der Waals surface area contributed by atoms with Crippen molar-refractivity contribution < 1.29 is 0 Å². The largest absolute Gasteiger partial charge is 0.317 e. The normalized spacial score (nSPS) is 26.6. The van der Waals surface area contributed by atoms with Gasteiger partial charge < -0.3 is 10.2 Å². The minimum absolute atomic E-state index is 0.730. The lowest BCUT2D eigenvalue weighted by atomic mass is 9.92. The number of nitrogens with zero attached hydrogens (tertiary/aromatic N) is 1. The van der Waals surface area contributed by atoms with E-state index in [2.05, 4.69) is 34.1 Å². The maximum Gasteiger partial charge on any atom is 0.0239 e. The molecule has 3 rings (SSSR count). The standard InChI is InChI=1S/C14H22N2S/c1-16(9-12-2-7-17-11-12)10-13-8-14(13)3-5-15-6-4-14/h2,7,11,13,15H,3-6,8-10H2,1H3. The lowest BCUT2D eigenvalue weighted by Crippen LogP contribution is -2.31. The summed E-state index contributed by atoms with van der Waals surface area (Å²) in [5, 5.41) is 7.92. The molecule has 1 unspecified atom stereocenters. The summed E-state index contributed by atoms with van der Waals surface area (Å²) in [4.78, 5) is 2.50. The molecule has 0 aromatic carbocycles. The number of piperidine rings is 1. The number of nitrogens with one attached hydrogen (secondary N) is 1. The summed E-state index contributed by atoms with van der Waals surface area (Å²) in [7, 11) is 2.27. The molecule has 2 nitrogen and oxygen atoms in total. The molecule has 0 amide bonds. The molecule has 0 bridgehead atoms. The van der Waals surface area contributed by atoms with Gasteiger partial charge in [-0.2, -0.15) is 11.3 Å². The summed E-state index contributed by atoms with van der Waals surface area (Å²) in [5.41, 5.74) is 2.20. The van der Waals surface area contributed by atoms with Crippen LogP contribution in [-0.2, 0) is 6.54 Å². The van der Waals surface area contributed by atoms with Crippen LogP contribution in [0.25, 0.3) is 0 Å². The smallest absolute Gasteiger partial charge is 0.0239 e. The fourth-order valence-electron chi connectivity index (χ4n) is 3.36. The second-order valence-electron chi connectivity index (χ2n) is 5.84. The van der Waals surface area contributed by atoms with Gasteiger partial charge in [0.25, 0.3) is 0 Å². The SMILES string of the molecule is CN(Cc1ccsc1)CC1CC12CCNCC2. The molecular weight excluding hydrogens is 228 g/mol. The first-order valence-corrected chi connectivity index (χ1v) is 7.63. The molecule has 1 saturated heterocycles. The van der Waals surface area contributed by atoms with Gasteiger partial charge in [0, 0.05) is 13.1 Å². The van der Waals surface area contributed by atoms with Crippen molar-refractivity contribution in [1.29, 1.82) is 0 Å². The maximum absolute atomic E-state index is 3.48. The Hall–Kier alpha value is -0.380. The first-order chi connectivity index (χ1) is 8.28. The van der Waals surface area contributed by atoms with Gasteiger partial charge >= 0.3 is 0 Å². The van der Waals surface area contributed by atoms with Crippen LogP contribution in [0.4, 0.5) is 0 Å². The molecule has 1 aromatic rings. The van der Waals surface area contributed by atoms with Crippen LogP contribution in [0.3, 0.4) is 0 Å². The molecule has 0 radical (unpaired) electrons. The van der Waals surface area contributed by atoms with Crippen LogP contribution in [0.15, 0.2) is 16.8 Å². The molecule has 1 N–H and O–H groups in total. The van der Waals surface area contributed by atoms with Crippen molar-refractivity contribution in [2.24, 2.45) is 11.3 Å². The monoisotopic (exact) mass is 250 g/mol. The number of hydrogen-bond acceptors (Lipinski definition) is 3. The lowest BCUT2D eigenvalue weighted by Gasteiger charge is -2.25. The molecule has 3 heteroatoms. The van der Waals surface area contributed by atoms with Crippen LogP contribution in [-0.4, -0.2) is 31.6 Å². The van der Waals surface area contributed by atoms with Crippen LogP contribution in [0.2, 0.25) is 0 Å². The van der Waals surface area contributed by atoms with Crippen molar-refractivity contribution in [2.75, 3.05) is 26.7 Å². The predicted octanol–water partition coefficient (Wildman–Crippen LogP) is 2.57. The van der Waals surface area contributed by atoms with Gasteiger partial charge in [-0.1, -0.05) is 0 Å². The fourth-order valence-corrected chi connectivity index (χ4v) is 4.02. The van der Waals surface area contributed by atoms with E-state index in [9.17, 15) is 0 Å². The average Bonchev–Trinajstić information content (AvgIpc) is 2.78. The Morgan fingerprint density at radius 3 is 3.00 bits per heavy atom. The summed E-state index contributed by atoms with van der Waals surface area (Å²) in [6.07, 6.45) is 4.29. The van der Waals surface area contributed by atoms with Crippen molar-refractivity contribution in [3.63, 3.8) is 0 Å². The molecule has 2 heterocycles. The van der Waals surface area contributed by atoms with Gasteiger partial charge in [-0.05, 0) is 73.1 Å². The van der Waals surface area contributed by atoms with Crippen molar-refractivity contribution in [2.45, 2.75) is 25.8 Å². The zero-order chi connectivity index (χ0) is 11.7. The molecule has 1 spiro atoms. The van der Waals surface area contributed by atoms with Gasteiger partial charge in [0.1, 0.15) is 0 Å². The Morgan fingerprint density at radius 1 is 1.47 bits per heavy atom. The quantitative estimate of drug-likeness (QED) is 0.883. The van der Waals surface area contributed by atoms with Crippen LogP contribution >= 0.6 is 11.3 Å². The third-order valence-electron chi connectivity index (χ3n) is 4.52. The zero-order valence-electron chi connectivity index (χ0n) is 10.6. The second-order valence-corrected chi connectivity index (χ2v) is 6.62. The minimum Gasteiger partial charge on any atom is -0.317 e. The third-order valence-corrected chi connectivity index (χ3v) is 5.25. The first-order valence-electron chi connectivity index (χ1n) is 6.69. The molecule has 2 fully saturated rings. The Balaban J connectivity index is 1.48. The highest BCUT2D eigenvalue weighted by molar-refractivity contribution is 7.07. The van der Waals surface area contributed by atoms with E-state index in [1.807, 2.05) is 0 Å². The van der Waals surface area contributed by atoms with E-state index >= 15 is 0 Å². The topological polar surface area (TPSA) is 15.3 Å². The van der Waals surface area contributed by atoms with Crippen LogP contribution in [0.5, 0.6) is 0 Å². The summed E-state index contributed by atoms with van der Waals surface area (Å²) < 4.78 is 0. The summed E-state index contributed by atoms with van der Waals surface area (Å²) >= 11 is 1.80. The highest BCUT2D eigenvalue weighted by Gasteiger charge is 2.53. The van der Waals surface area contributed by atoms with Gasteiger partial charge in [-0.25, -0.2) is 0 Å². The van der Waals surface area contributed by atoms with Gasteiger partial charge in [0.2, 0.25) is 0 Å². The Morgan fingerprint density at radius 2 is 2.29 bits per heavy atom. The fraction of sp³-hybridized carbons (Fsp3) is 0.714. The highest BCUT2D eigenvalue weighted by Crippen LogP contribution is 2.58. The van der Waals surface area contributed by atoms with E-state index in [0.717, 1.165) is 17.9 Å². The summed E-state index contributed by atoms with van der Waals surface area (Å²) in [5.74, 6) is 0.966. The van der Waals surface area contributed by atoms with Crippen LogP contribution in [0, 0.1) is 11.3 Å².